The molecular formula is C3H2F6S. The number of hydrogen-bond donors (Lipinski definition) is 1. The lowest BCUT2D eigenvalue weighted by molar-refractivity contribution is -0.220. The predicted molar refractivity (Wildman–Crippen MR) is 24.9 cm³/mol. The SMILES string of the molecule is FC(F)C(F)(F)C(F)(F)S. The average molecular weight is 184 g/mol. The molecule has 0 aliphatic carbocycles. The zero-order valence-corrected chi connectivity index (χ0v) is 5.19. The molecule has 10 heavy (non-hydrogen) atoms. The number of hydrogen-bond acceptors (Lipinski definition) is 1. The second-order valence-electron chi connectivity index (χ2n) is 1.46. The molecular weight excluding hydrogens is 182 g/mol. The summed E-state index contributed by atoms with van der Waals surface area (Å²) in [6.45, 7) is 0. The van der Waals surface area contributed by atoms with Crippen molar-refractivity contribution in [2.75, 3.05) is 0 Å². The summed E-state index contributed by atoms with van der Waals surface area (Å²) in [5.41, 5.74) is 0. The van der Waals surface area contributed by atoms with Crippen LogP contribution < -0.4 is 0 Å². The van der Waals surface area contributed by atoms with Crippen molar-refractivity contribution in [1.29, 1.82) is 0 Å². The van der Waals surface area contributed by atoms with E-state index >= 15 is 0 Å². The Morgan fingerprint density at radius 2 is 1.30 bits per heavy atom. The van der Waals surface area contributed by atoms with Crippen LogP contribution in [0.4, 0.5) is 26.3 Å². The van der Waals surface area contributed by atoms with Crippen molar-refractivity contribution in [3.05, 3.63) is 0 Å². The number of halogens is 6. The van der Waals surface area contributed by atoms with Gasteiger partial charge in [-0.05, 0) is 0 Å². The Balaban J connectivity index is 4.40. The lowest BCUT2D eigenvalue weighted by Gasteiger charge is -2.20. The zero-order chi connectivity index (χ0) is 8.58. The molecule has 0 rings (SSSR count). The summed E-state index contributed by atoms with van der Waals surface area (Å²) in [6.07, 6.45) is -4.40. The highest BCUT2D eigenvalue weighted by Gasteiger charge is 2.60. The topological polar surface area (TPSA) is 0 Å². The van der Waals surface area contributed by atoms with Crippen LogP contribution in [0.3, 0.4) is 0 Å². The quantitative estimate of drug-likeness (QED) is 0.494. The minimum absolute atomic E-state index is 2.01. The molecule has 0 radical (unpaired) electrons. The van der Waals surface area contributed by atoms with Crippen LogP contribution in [0, 0.1) is 0 Å². The van der Waals surface area contributed by atoms with Crippen molar-refractivity contribution in [2.24, 2.45) is 0 Å². The highest BCUT2D eigenvalue weighted by molar-refractivity contribution is 7.81. The summed E-state index contributed by atoms with van der Waals surface area (Å²) >= 11 is 2.01. The largest absolute Gasteiger partial charge is 0.378 e. The van der Waals surface area contributed by atoms with E-state index in [1.54, 1.807) is 0 Å². The number of rotatable bonds is 2. The van der Waals surface area contributed by atoms with E-state index in [4.69, 9.17) is 0 Å². The van der Waals surface area contributed by atoms with Gasteiger partial charge in [-0.15, -0.1) is 0 Å². The second kappa shape index (κ2) is 2.52. The molecule has 0 N–H and O–H groups in total. The maximum atomic E-state index is 11.5. The molecule has 0 amide bonds. The highest BCUT2D eigenvalue weighted by Crippen LogP contribution is 2.41. The van der Waals surface area contributed by atoms with E-state index in [2.05, 4.69) is 0 Å². The molecule has 0 aliphatic rings. The van der Waals surface area contributed by atoms with Crippen molar-refractivity contribution in [2.45, 2.75) is 17.6 Å². The molecule has 0 spiro atoms. The molecule has 0 aliphatic heterocycles. The average Bonchev–Trinajstić information content (AvgIpc) is 1.62. The van der Waals surface area contributed by atoms with Crippen LogP contribution in [0.25, 0.3) is 0 Å². The summed E-state index contributed by atoms with van der Waals surface area (Å²) in [5, 5.41) is -4.97. The van der Waals surface area contributed by atoms with Gasteiger partial charge in [0.05, 0.1) is 0 Å². The Morgan fingerprint density at radius 3 is 1.30 bits per heavy atom. The Labute approximate surface area is 57.6 Å². The van der Waals surface area contributed by atoms with Crippen molar-refractivity contribution >= 4 is 12.6 Å². The van der Waals surface area contributed by atoms with Crippen LogP contribution in [0.1, 0.15) is 0 Å². The standard InChI is InChI=1S/C3H2F6S/c4-1(5)2(6,7)3(8,9)10/h1,10H. The molecule has 0 aromatic rings. The molecule has 0 unspecified atom stereocenters. The van der Waals surface area contributed by atoms with Crippen LogP contribution in [-0.4, -0.2) is 17.6 Å². The fourth-order valence-corrected chi connectivity index (χ4v) is 0.229. The fourth-order valence-electron chi connectivity index (χ4n) is 0.131. The van der Waals surface area contributed by atoms with E-state index in [-0.39, 0.29) is 0 Å². The number of alkyl halides is 6. The Bertz CT molecular complexity index is 115. The Morgan fingerprint density at radius 1 is 1.00 bits per heavy atom. The van der Waals surface area contributed by atoms with Gasteiger partial charge >= 0.3 is 17.6 Å². The molecule has 0 fully saturated rings. The van der Waals surface area contributed by atoms with Gasteiger partial charge < -0.3 is 0 Å². The zero-order valence-electron chi connectivity index (χ0n) is 4.29. The summed E-state index contributed by atoms with van der Waals surface area (Å²) in [7, 11) is 0. The van der Waals surface area contributed by atoms with E-state index in [0.29, 0.717) is 0 Å². The van der Waals surface area contributed by atoms with Crippen molar-refractivity contribution in [3.8, 4) is 0 Å². The van der Waals surface area contributed by atoms with Gasteiger partial charge in [0.25, 0.3) is 0 Å². The molecule has 62 valence electrons. The summed E-state index contributed by atoms with van der Waals surface area (Å²) < 4.78 is 67.8. The smallest absolute Gasteiger partial charge is 0.203 e. The molecule has 0 atom stereocenters. The first-order valence-corrected chi connectivity index (χ1v) is 2.40. The molecule has 0 nitrogen and oxygen atoms in total. The highest BCUT2D eigenvalue weighted by atomic mass is 32.1. The van der Waals surface area contributed by atoms with Gasteiger partial charge in [0.15, 0.2) is 0 Å². The van der Waals surface area contributed by atoms with Crippen LogP contribution in [-0.2, 0) is 0 Å². The third-order valence-corrected chi connectivity index (χ3v) is 0.973. The van der Waals surface area contributed by atoms with E-state index in [1.165, 1.54) is 0 Å². The van der Waals surface area contributed by atoms with Crippen molar-refractivity contribution in [1.82, 2.24) is 0 Å². The minimum Gasteiger partial charge on any atom is -0.203 e. The maximum Gasteiger partial charge on any atom is 0.378 e. The molecule has 0 saturated heterocycles. The minimum atomic E-state index is -5.36. The molecule has 0 heterocycles. The first-order valence-electron chi connectivity index (χ1n) is 1.95. The predicted octanol–water partition coefficient (Wildman–Crippen LogP) is 2.41. The Hall–Kier alpha value is -0.0700. The maximum absolute atomic E-state index is 11.5. The van der Waals surface area contributed by atoms with Gasteiger partial charge in [0.2, 0.25) is 0 Å². The lowest BCUT2D eigenvalue weighted by atomic mass is 10.4. The van der Waals surface area contributed by atoms with Gasteiger partial charge in [-0.1, -0.05) is 12.6 Å². The van der Waals surface area contributed by atoms with E-state index in [9.17, 15) is 26.3 Å². The van der Waals surface area contributed by atoms with Crippen molar-refractivity contribution < 1.29 is 26.3 Å². The molecule has 7 heteroatoms. The molecule has 0 saturated carbocycles. The third-order valence-electron chi connectivity index (χ3n) is 0.675. The first kappa shape index (κ1) is 9.93. The van der Waals surface area contributed by atoms with Gasteiger partial charge in [-0.3, -0.25) is 0 Å². The first-order chi connectivity index (χ1) is 4.19. The monoisotopic (exact) mass is 184 g/mol. The summed E-state index contributed by atoms with van der Waals surface area (Å²) in [5.74, 6) is -5.36. The fraction of sp³-hybridized carbons (Fsp3) is 1.00. The van der Waals surface area contributed by atoms with Gasteiger partial charge in [0.1, 0.15) is 0 Å². The molecule has 0 aromatic heterocycles. The van der Waals surface area contributed by atoms with Crippen LogP contribution in [0.15, 0.2) is 0 Å². The van der Waals surface area contributed by atoms with Gasteiger partial charge in [0, 0.05) is 0 Å². The van der Waals surface area contributed by atoms with Crippen LogP contribution in [0.2, 0.25) is 0 Å². The number of thiol groups is 1. The Kier molecular flexibility index (Phi) is 2.50. The van der Waals surface area contributed by atoms with Gasteiger partial charge in [-0.2, -0.15) is 17.6 Å². The van der Waals surface area contributed by atoms with Crippen LogP contribution >= 0.6 is 12.6 Å². The molecule has 0 aromatic carbocycles. The second-order valence-corrected chi connectivity index (χ2v) is 2.03. The van der Waals surface area contributed by atoms with E-state index in [1.807, 2.05) is 12.6 Å². The third kappa shape index (κ3) is 1.71. The summed E-state index contributed by atoms with van der Waals surface area (Å²) in [6, 6.07) is 0. The molecule has 0 bridgehead atoms. The van der Waals surface area contributed by atoms with E-state index in [0.717, 1.165) is 0 Å². The van der Waals surface area contributed by atoms with E-state index < -0.39 is 17.6 Å². The lowest BCUT2D eigenvalue weighted by Crippen LogP contribution is -2.42. The van der Waals surface area contributed by atoms with Crippen LogP contribution in [0.5, 0.6) is 0 Å². The normalized spacial score (nSPS) is 14.4. The van der Waals surface area contributed by atoms with Gasteiger partial charge in [-0.25, -0.2) is 8.78 Å². The summed E-state index contributed by atoms with van der Waals surface area (Å²) in [4.78, 5) is 0. The van der Waals surface area contributed by atoms with Crippen molar-refractivity contribution in [3.63, 3.8) is 0 Å².